The van der Waals surface area contributed by atoms with Gasteiger partial charge in [0.25, 0.3) is 11.8 Å². The Hall–Kier alpha value is -1.71. The standard InChI is InChI=1S/C27H46N2O11/c1-18-8-9-20(31)22(38-18)6-5-13-28(14-15-37-27-26(36)21(32)16-19(17-30)39-27)12-4-2-3-7-25(35)40-29-23(33)10-11-24(29)34/h18-22,26-27,30-32,36H,2-17H2,1H3/t18-,19-,20-,21-,22-,26-,27+/m0/s1. The minimum atomic E-state index is -1.20. The Balaban J connectivity index is 1.41. The molecule has 0 spiro atoms. The van der Waals surface area contributed by atoms with Crippen LogP contribution in [0.2, 0.25) is 0 Å². The lowest BCUT2D eigenvalue weighted by molar-refractivity contribution is -0.271. The molecule has 7 atom stereocenters. The number of carbonyl (C=O) groups is 3. The van der Waals surface area contributed by atoms with Crippen molar-refractivity contribution in [2.24, 2.45) is 0 Å². The maximum absolute atomic E-state index is 12.0. The Labute approximate surface area is 235 Å². The molecule has 2 amide bonds. The molecule has 230 valence electrons. The van der Waals surface area contributed by atoms with E-state index in [2.05, 4.69) is 4.90 Å². The van der Waals surface area contributed by atoms with Crippen LogP contribution in [0.25, 0.3) is 0 Å². The number of ether oxygens (including phenoxy) is 3. The van der Waals surface area contributed by atoms with E-state index in [4.69, 9.17) is 19.0 Å². The number of amides is 2. The lowest BCUT2D eigenvalue weighted by atomic mass is 9.98. The second-order valence-corrected chi connectivity index (χ2v) is 10.9. The van der Waals surface area contributed by atoms with Crippen molar-refractivity contribution in [3.63, 3.8) is 0 Å². The molecule has 3 fully saturated rings. The lowest BCUT2D eigenvalue weighted by Gasteiger charge is -2.36. The fraction of sp³-hybridized carbons (Fsp3) is 0.889. The van der Waals surface area contributed by atoms with Crippen LogP contribution >= 0.6 is 0 Å². The topological polar surface area (TPSA) is 176 Å². The number of carbonyl (C=O) groups excluding carboxylic acids is 3. The molecule has 0 saturated carbocycles. The summed E-state index contributed by atoms with van der Waals surface area (Å²) >= 11 is 0. The zero-order valence-corrected chi connectivity index (χ0v) is 23.4. The van der Waals surface area contributed by atoms with E-state index in [-0.39, 0.29) is 51.1 Å². The molecule has 40 heavy (non-hydrogen) atoms. The molecule has 3 saturated heterocycles. The molecular formula is C27H46N2O11. The summed E-state index contributed by atoms with van der Waals surface area (Å²) in [6, 6.07) is 0. The predicted molar refractivity (Wildman–Crippen MR) is 139 cm³/mol. The third kappa shape index (κ3) is 10.3. The van der Waals surface area contributed by atoms with Crippen LogP contribution in [-0.2, 0) is 33.4 Å². The Kier molecular flexibility index (Phi) is 13.7. The zero-order valence-electron chi connectivity index (χ0n) is 23.4. The second kappa shape index (κ2) is 16.7. The summed E-state index contributed by atoms with van der Waals surface area (Å²) < 4.78 is 17.2. The van der Waals surface area contributed by atoms with Crippen molar-refractivity contribution in [2.45, 2.75) is 120 Å². The van der Waals surface area contributed by atoms with Crippen LogP contribution in [0, 0.1) is 0 Å². The molecule has 0 aliphatic carbocycles. The van der Waals surface area contributed by atoms with E-state index in [0.717, 1.165) is 45.1 Å². The van der Waals surface area contributed by atoms with Gasteiger partial charge in [-0.2, -0.15) is 0 Å². The van der Waals surface area contributed by atoms with Crippen molar-refractivity contribution in [3.8, 4) is 0 Å². The highest BCUT2D eigenvalue weighted by atomic mass is 16.7. The third-order valence-electron chi connectivity index (χ3n) is 7.62. The third-order valence-corrected chi connectivity index (χ3v) is 7.62. The average molecular weight is 575 g/mol. The maximum atomic E-state index is 12.0. The summed E-state index contributed by atoms with van der Waals surface area (Å²) in [4.78, 5) is 42.3. The molecular weight excluding hydrogens is 528 g/mol. The van der Waals surface area contributed by atoms with Gasteiger partial charge in [0.05, 0.1) is 43.7 Å². The molecule has 0 aromatic heterocycles. The SMILES string of the molecule is C[C@H]1CC[C@H](O)[C@H](CCCN(CCCCCC(=O)ON2C(=O)CCC2=O)CCO[C@@H]2O[C@H](CO)C[C@H](O)[C@@H]2O)O1. The van der Waals surface area contributed by atoms with Crippen LogP contribution in [0.5, 0.6) is 0 Å². The largest absolute Gasteiger partial charge is 0.394 e. The van der Waals surface area contributed by atoms with E-state index >= 15 is 0 Å². The minimum Gasteiger partial charge on any atom is -0.394 e. The molecule has 0 aromatic rings. The normalized spacial score (nSPS) is 31.2. The number of hydrogen-bond donors (Lipinski definition) is 4. The summed E-state index contributed by atoms with van der Waals surface area (Å²) in [6.45, 7) is 3.93. The first-order chi connectivity index (χ1) is 19.2. The van der Waals surface area contributed by atoms with Gasteiger partial charge in [-0.3, -0.25) is 9.59 Å². The quantitative estimate of drug-likeness (QED) is 0.144. The number of hydroxylamine groups is 2. The van der Waals surface area contributed by atoms with Crippen LogP contribution in [-0.4, -0.2) is 124 Å². The minimum absolute atomic E-state index is 0.0605. The van der Waals surface area contributed by atoms with Gasteiger partial charge in [-0.25, -0.2) is 4.79 Å². The molecule has 3 aliphatic heterocycles. The first-order valence-corrected chi connectivity index (χ1v) is 14.5. The predicted octanol–water partition coefficient (Wildman–Crippen LogP) is 0.0103. The van der Waals surface area contributed by atoms with E-state index in [1.165, 1.54) is 0 Å². The number of aliphatic hydroxyl groups excluding tert-OH is 4. The van der Waals surface area contributed by atoms with E-state index < -0.39 is 48.5 Å². The van der Waals surface area contributed by atoms with Crippen molar-refractivity contribution < 1.29 is 53.9 Å². The Bertz CT molecular complexity index is 799. The number of imide groups is 1. The summed E-state index contributed by atoms with van der Waals surface area (Å²) in [6.07, 6.45) is 1.11. The van der Waals surface area contributed by atoms with Crippen LogP contribution in [0.1, 0.15) is 77.6 Å². The highest BCUT2D eigenvalue weighted by Crippen LogP contribution is 2.23. The lowest BCUT2D eigenvalue weighted by Crippen LogP contribution is -2.50. The molecule has 4 N–H and O–H groups in total. The molecule has 3 rings (SSSR count). The smallest absolute Gasteiger partial charge is 0.333 e. The van der Waals surface area contributed by atoms with Gasteiger partial charge in [0.1, 0.15) is 6.10 Å². The van der Waals surface area contributed by atoms with Gasteiger partial charge >= 0.3 is 5.97 Å². The number of hydrogen-bond acceptors (Lipinski definition) is 12. The number of rotatable bonds is 16. The monoisotopic (exact) mass is 574 g/mol. The van der Waals surface area contributed by atoms with Gasteiger partial charge in [-0.05, 0) is 58.5 Å². The maximum Gasteiger partial charge on any atom is 0.333 e. The fourth-order valence-corrected chi connectivity index (χ4v) is 5.22. The Morgan fingerprint density at radius 3 is 2.42 bits per heavy atom. The van der Waals surface area contributed by atoms with Crippen LogP contribution in [0.15, 0.2) is 0 Å². The van der Waals surface area contributed by atoms with Crippen LogP contribution < -0.4 is 0 Å². The first-order valence-electron chi connectivity index (χ1n) is 14.5. The average Bonchev–Trinajstić information content (AvgIpc) is 3.24. The summed E-state index contributed by atoms with van der Waals surface area (Å²) in [5, 5.41) is 40.4. The van der Waals surface area contributed by atoms with Crippen molar-refractivity contribution in [3.05, 3.63) is 0 Å². The molecule has 0 bridgehead atoms. The van der Waals surface area contributed by atoms with E-state index in [9.17, 15) is 34.8 Å². The number of unbranched alkanes of at least 4 members (excludes halogenated alkanes) is 2. The van der Waals surface area contributed by atoms with Gasteiger partial charge in [-0.1, -0.05) is 6.42 Å². The summed E-state index contributed by atoms with van der Waals surface area (Å²) in [7, 11) is 0. The highest BCUT2D eigenvalue weighted by molar-refractivity contribution is 6.01. The van der Waals surface area contributed by atoms with Crippen LogP contribution in [0.4, 0.5) is 0 Å². The molecule has 0 radical (unpaired) electrons. The summed E-state index contributed by atoms with van der Waals surface area (Å²) in [5.74, 6) is -1.60. The molecule has 0 aromatic carbocycles. The van der Waals surface area contributed by atoms with E-state index in [1.807, 2.05) is 6.92 Å². The van der Waals surface area contributed by atoms with E-state index in [1.54, 1.807) is 0 Å². The van der Waals surface area contributed by atoms with Gasteiger partial charge in [0, 0.05) is 32.2 Å². The Morgan fingerprint density at radius 1 is 0.975 bits per heavy atom. The second-order valence-electron chi connectivity index (χ2n) is 10.9. The molecule has 3 heterocycles. The molecule has 13 heteroatoms. The van der Waals surface area contributed by atoms with Crippen LogP contribution in [0.3, 0.4) is 0 Å². The van der Waals surface area contributed by atoms with Gasteiger partial charge in [0.2, 0.25) is 0 Å². The Morgan fingerprint density at radius 2 is 1.70 bits per heavy atom. The summed E-state index contributed by atoms with van der Waals surface area (Å²) in [5.41, 5.74) is 0. The molecule has 3 aliphatic rings. The van der Waals surface area contributed by atoms with Crippen molar-refractivity contribution >= 4 is 17.8 Å². The van der Waals surface area contributed by atoms with Gasteiger partial charge < -0.3 is 44.4 Å². The molecule has 13 nitrogen and oxygen atoms in total. The number of aliphatic hydroxyl groups is 4. The van der Waals surface area contributed by atoms with Gasteiger partial charge in [-0.15, -0.1) is 5.06 Å². The highest BCUT2D eigenvalue weighted by Gasteiger charge is 2.37. The fourth-order valence-electron chi connectivity index (χ4n) is 5.22. The van der Waals surface area contributed by atoms with E-state index in [0.29, 0.717) is 24.6 Å². The first kappa shape index (κ1) is 32.8. The van der Waals surface area contributed by atoms with Crippen molar-refractivity contribution in [1.82, 2.24) is 9.96 Å². The number of nitrogens with zero attached hydrogens (tertiary/aromatic N) is 2. The zero-order chi connectivity index (χ0) is 29.1. The molecule has 0 unspecified atom stereocenters. The van der Waals surface area contributed by atoms with Crippen molar-refractivity contribution in [2.75, 3.05) is 32.8 Å². The van der Waals surface area contributed by atoms with Crippen molar-refractivity contribution in [1.29, 1.82) is 0 Å². The van der Waals surface area contributed by atoms with Gasteiger partial charge in [0.15, 0.2) is 6.29 Å².